The summed E-state index contributed by atoms with van der Waals surface area (Å²) in [5.74, 6) is -1.47. The van der Waals surface area contributed by atoms with Crippen LogP contribution in [-0.2, 0) is 25.8 Å². The predicted octanol–water partition coefficient (Wildman–Crippen LogP) is 7.28. The van der Waals surface area contributed by atoms with Crippen LogP contribution in [0.5, 0.6) is 5.75 Å². The molecule has 0 bridgehead atoms. The number of nitrogens with one attached hydrogen (secondary N) is 4. The summed E-state index contributed by atoms with van der Waals surface area (Å²) >= 11 is 0. The fourth-order valence-corrected chi connectivity index (χ4v) is 8.60. The molecule has 0 unspecified atom stereocenters. The van der Waals surface area contributed by atoms with E-state index in [-0.39, 0.29) is 40.5 Å². The normalized spacial score (nSPS) is 14.9. The third kappa shape index (κ3) is 10.4. The second kappa shape index (κ2) is 19.9. The molecule has 384 valence electrons. The van der Waals surface area contributed by atoms with Crippen LogP contribution in [0.1, 0.15) is 72.3 Å². The molecule has 0 spiro atoms. The molecule has 0 radical (unpaired) electrons. The van der Waals surface area contributed by atoms with Gasteiger partial charge in [0, 0.05) is 91.0 Å². The van der Waals surface area contributed by atoms with Crippen LogP contribution in [-0.4, -0.2) is 102 Å². The van der Waals surface area contributed by atoms with Crippen molar-refractivity contribution in [3.05, 3.63) is 142 Å². The number of amides is 2. The molecule has 1 saturated heterocycles. The summed E-state index contributed by atoms with van der Waals surface area (Å²) in [5.41, 5.74) is 9.58. The van der Waals surface area contributed by atoms with Crippen molar-refractivity contribution in [1.82, 2.24) is 60.6 Å². The van der Waals surface area contributed by atoms with E-state index in [9.17, 15) is 35.9 Å². The van der Waals surface area contributed by atoms with Gasteiger partial charge in [-0.1, -0.05) is 5.21 Å². The molecule has 19 nitrogen and oxygen atoms in total. The zero-order valence-corrected chi connectivity index (χ0v) is 40.8. The van der Waals surface area contributed by atoms with Crippen molar-refractivity contribution >= 4 is 40.3 Å². The average molecular weight is 1020 g/mol. The lowest BCUT2D eigenvalue weighted by molar-refractivity contribution is -0.139. The van der Waals surface area contributed by atoms with Crippen LogP contribution in [0.25, 0.3) is 22.6 Å². The first-order valence-electron chi connectivity index (χ1n) is 22.9. The fraction of sp³-hybridized carbons (Fsp3) is 0.286. The Labute approximate surface area is 419 Å². The van der Waals surface area contributed by atoms with Gasteiger partial charge in [-0.2, -0.15) is 31.4 Å². The molecule has 1 atom stereocenters. The van der Waals surface area contributed by atoms with E-state index in [0.29, 0.717) is 64.3 Å². The van der Waals surface area contributed by atoms with Crippen LogP contribution in [0.2, 0.25) is 0 Å². The number of anilines is 4. The van der Waals surface area contributed by atoms with Crippen LogP contribution in [0.3, 0.4) is 0 Å². The molecular formula is C49H48F6N16O3. The largest absolute Gasteiger partial charge is 0.496 e. The molecule has 2 amide bonds. The first-order valence-corrected chi connectivity index (χ1v) is 22.9. The highest BCUT2D eigenvalue weighted by atomic mass is 19.4. The van der Waals surface area contributed by atoms with Crippen LogP contribution >= 0.6 is 0 Å². The molecule has 1 fully saturated rings. The number of alkyl halides is 6. The van der Waals surface area contributed by atoms with Gasteiger partial charge < -0.3 is 30.6 Å². The highest BCUT2D eigenvalue weighted by Gasteiger charge is 2.37. The summed E-state index contributed by atoms with van der Waals surface area (Å²) in [6.45, 7) is 6.12. The molecule has 7 heterocycles. The number of halogens is 6. The van der Waals surface area contributed by atoms with E-state index in [1.54, 1.807) is 47.3 Å². The standard InChI is InChI=1S/C49H48F6N16O3/c1-26-36(48(50,51)52)15-33(16-41(26)69-11-10-34(23-69)67(4)5)62-47(73)30-13-43(71-25-40(64-66-71)35-22-60-68(6)28(35)3)38(57-19-30)17-45-58-20-31(21-59-45)39-24-70(65-63-39)42-12-29(18-56-27(42)2)46(72)61-32-8-9-44(74-7)37(14-32)49(53,54)55/h8-9,12-16,18-22,24-25,34,64,66H,10-11,17,23H2,1-7H3,(H,61,72)(H,62,73)/t34-/m0/s1. The Kier molecular flexibility index (Phi) is 13.6. The fourth-order valence-electron chi connectivity index (χ4n) is 8.60. The topological polar surface area (TPSA) is 201 Å². The molecule has 0 saturated carbocycles. The van der Waals surface area contributed by atoms with Crippen molar-refractivity contribution < 1.29 is 40.7 Å². The summed E-state index contributed by atoms with van der Waals surface area (Å²) in [4.78, 5) is 49.3. The van der Waals surface area contributed by atoms with Crippen molar-refractivity contribution in [3.63, 3.8) is 0 Å². The molecule has 74 heavy (non-hydrogen) atoms. The van der Waals surface area contributed by atoms with Crippen molar-refractivity contribution in [1.29, 1.82) is 0 Å². The molecule has 7 aromatic rings. The number of likely N-dealkylation sites (N-methyl/N-ethyl adjacent to an activating group) is 1. The van der Waals surface area contributed by atoms with E-state index < -0.39 is 41.0 Å². The number of hydrazine groups is 2. The Balaban J connectivity index is 0.961. The minimum Gasteiger partial charge on any atom is -0.496 e. The maximum absolute atomic E-state index is 14.5. The van der Waals surface area contributed by atoms with Gasteiger partial charge in [-0.25, -0.2) is 14.6 Å². The van der Waals surface area contributed by atoms with Gasteiger partial charge in [0.2, 0.25) is 0 Å². The third-order valence-electron chi connectivity index (χ3n) is 12.9. The minimum absolute atomic E-state index is 0.0207. The summed E-state index contributed by atoms with van der Waals surface area (Å²) in [6.07, 6.45) is 2.15. The third-order valence-corrected chi connectivity index (χ3v) is 12.9. The molecule has 2 aromatic carbocycles. The second-order valence-corrected chi connectivity index (χ2v) is 17.9. The number of carbonyl (C=O) groups is 2. The van der Waals surface area contributed by atoms with E-state index in [0.717, 1.165) is 43.0 Å². The van der Waals surface area contributed by atoms with Gasteiger partial charge in [0.05, 0.1) is 76.6 Å². The van der Waals surface area contributed by atoms with Crippen molar-refractivity contribution in [2.75, 3.05) is 54.8 Å². The zero-order chi connectivity index (χ0) is 52.8. The van der Waals surface area contributed by atoms with Crippen LogP contribution in [0.15, 0.2) is 85.8 Å². The van der Waals surface area contributed by atoms with E-state index in [1.165, 1.54) is 48.5 Å². The summed E-state index contributed by atoms with van der Waals surface area (Å²) in [6, 6.07) is 8.90. The Morgan fingerprint density at radius 2 is 1.50 bits per heavy atom. The van der Waals surface area contributed by atoms with Gasteiger partial charge in [0.25, 0.3) is 11.8 Å². The average Bonchev–Trinajstić information content (AvgIpc) is 4.21. The van der Waals surface area contributed by atoms with E-state index in [4.69, 9.17) is 4.74 Å². The first kappa shape index (κ1) is 50.5. The number of hydrogen-bond acceptors (Lipinski definition) is 15. The lowest BCUT2D eigenvalue weighted by atomic mass is 10.0. The van der Waals surface area contributed by atoms with Crippen molar-refractivity contribution in [3.8, 4) is 22.7 Å². The quantitative estimate of drug-likeness (QED) is 0.0839. The number of carbonyl (C=O) groups excluding carboxylic acids is 2. The number of aromatic nitrogens is 9. The molecular weight excluding hydrogens is 975 g/mol. The van der Waals surface area contributed by atoms with E-state index in [2.05, 4.69) is 56.9 Å². The van der Waals surface area contributed by atoms with Crippen LogP contribution in [0.4, 0.5) is 49.1 Å². The second-order valence-electron chi connectivity index (χ2n) is 17.9. The number of pyridine rings is 2. The zero-order valence-electron chi connectivity index (χ0n) is 40.8. The molecule has 4 N–H and O–H groups in total. The first-order chi connectivity index (χ1) is 35.1. The van der Waals surface area contributed by atoms with Crippen LogP contribution in [0, 0.1) is 20.8 Å². The van der Waals surface area contributed by atoms with Gasteiger partial charge in [-0.3, -0.25) is 29.2 Å². The number of ether oxygens (including phenoxy) is 1. The maximum Gasteiger partial charge on any atom is 0.420 e. The summed E-state index contributed by atoms with van der Waals surface area (Å²) in [5, 5.41) is 19.6. The smallest absolute Gasteiger partial charge is 0.420 e. The van der Waals surface area contributed by atoms with Gasteiger partial charge >= 0.3 is 12.4 Å². The molecule has 9 rings (SSSR count). The van der Waals surface area contributed by atoms with Gasteiger partial charge in [-0.05, 0) is 89.3 Å². The SMILES string of the molecule is COc1ccc(NC(=O)c2cnc(C)c(-n3cc(-c4cnc(Cc5ncc(C(=O)Nc6cc(N7CC[C@H](N(C)C)C7)c(C)c(C(F)(F)F)c6)cc5N5C=C(c6cnn(C)c6C)NN5)nc4)nn3)c2)cc1C(F)(F)F. The summed E-state index contributed by atoms with van der Waals surface area (Å²) < 4.78 is 92.3. The number of methoxy groups -OCH3 is 1. The Bertz CT molecular complexity index is 3320. The molecule has 5 aromatic heterocycles. The van der Waals surface area contributed by atoms with Crippen LogP contribution < -0.4 is 36.2 Å². The molecule has 25 heteroatoms. The van der Waals surface area contributed by atoms with Gasteiger partial charge in [0.1, 0.15) is 17.3 Å². The Hall–Kier alpha value is -8.45. The van der Waals surface area contributed by atoms with E-state index >= 15 is 0 Å². The number of hydrogen-bond donors (Lipinski definition) is 4. The number of aryl methyl sites for hydroxylation is 2. The highest BCUT2D eigenvalue weighted by molar-refractivity contribution is 6.05. The lowest BCUT2D eigenvalue weighted by Gasteiger charge is -2.26. The van der Waals surface area contributed by atoms with E-state index in [1.807, 2.05) is 37.9 Å². The van der Waals surface area contributed by atoms with Crippen molar-refractivity contribution in [2.24, 2.45) is 7.05 Å². The number of nitrogens with zero attached hydrogens (tertiary/aromatic N) is 12. The lowest BCUT2D eigenvalue weighted by Crippen LogP contribution is -2.37. The van der Waals surface area contributed by atoms with Crippen molar-refractivity contribution in [2.45, 2.75) is 52.0 Å². The molecule has 2 aliphatic rings. The van der Waals surface area contributed by atoms with Gasteiger partial charge in [-0.15, -0.1) is 10.6 Å². The predicted molar refractivity (Wildman–Crippen MR) is 261 cm³/mol. The monoisotopic (exact) mass is 1020 g/mol. The number of rotatable bonds is 13. The Morgan fingerprint density at radius 3 is 2.15 bits per heavy atom. The molecule has 2 aliphatic heterocycles. The molecule has 0 aliphatic carbocycles. The highest BCUT2D eigenvalue weighted by Crippen LogP contribution is 2.41. The minimum atomic E-state index is -4.72. The Morgan fingerprint density at radius 1 is 0.824 bits per heavy atom. The van der Waals surface area contributed by atoms with Gasteiger partial charge in [0.15, 0.2) is 0 Å². The maximum atomic E-state index is 14.5. The summed E-state index contributed by atoms with van der Waals surface area (Å²) in [7, 11) is 6.80. The number of benzene rings is 2.